The number of hydrogen-bond acceptors (Lipinski definition) is 2. The van der Waals surface area contributed by atoms with Crippen molar-refractivity contribution in [3.63, 3.8) is 0 Å². The molecule has 96 valence electrons. The molecular formula is C15H25NS. The average molecular weight is 251 g/mol. The molecule has 2 N–H and O–H groups in total. The van der Waals surface area contributed by atoms with Gasteiger partial charge in [0.15, 0.2) is 0 Å². The van der Waals surface area contributed by atoms with Gasteiger partial charge in [-0.1, -0.05) is 13.8 Å². The van der Waals surface area contributed by atoms with Gasteiger partial charge in [-0.2, -0.15) is 0 Å². The standard InChI is InChI=1S/C15H25NS/c1-10(2)12-5-7-13(8-6-12)15(16)14-9-4-11(3)17-14/h4,9-10,12-13,15H,5-8,16H2,1-3H3. The van der Waals surface area contributed by atoms with Crippen LogP contribution in [0.4, 0.5) is 0 Å². The lowest BCUT2D eigenvalue weighted by Gasteiger charge is -2.33. The number of rotatable bonds is 3. The summed E-state index contributed by atoms with van der Waals surface area (Å²) in [6.45, 7) is 6.87. The Kier molecular flexibility index (Phi) is 4.26. The lowest BCUT2D eigenvalue weighted by Crippen LogP contribution is -2.26. The number of aryl methyl sites for hydroxylation is 1. The van der Waals surface area contributed by atoms with Gasteiger partial charge in [-0.25, -0.2) is 0 Å². The van der Waals surface area contributed by atoms with Gasteiger partial charge < -0.3 is 5.73 Å². The highest BCUT2D eigenvalue weighted by atomic mass is 32.1. The van der Waals surface area contributed by atoms with Crippen molar-refractivity contribution in [1.82, 2.24) is 0 Å². The summed E-state index contributed by atoms with van der Waals surface area (Å²) in [5, 5.41) is 0. The van der Waals surface area contributed by atoms with Crippen molar-refractivity contribution >= 4 is 11.3 Å². The van der Waals surface area contributed by atoms with E-state index >= 15 is 0 Å². The molecule has 0 saturated heterocycles. The monoisotopic (exact) mass is 251 g/mol. The summed E-state index contributed by atoms with van der Waals surface area (Å²) in [5.74, 6) is 2.49. The van der Waals surface area contributed by atoms with Gasteiger partial charge in [0.05, 0.1) is 0 Å². The molecule has 1 unspecified atom stereocenters. The fourth-order valence-corrected chi connectivity index (χ4v) is 4.01. The van der Waals surface area contributed by atoms with E-state index in [-0.39, 0.29) is 6.04 Å². The number of thiophene rings is 1. The zero-order valence-corrected chi connectivity index (χ0v) is 12.1. The van der Waals surface area contributed by atoms with Gasteiger partial charge in [-0.15, -0.1) is 11.3 Å². The Balaban J connectivity index is 1.92. The van der Waals surface area contributed by atoms with Crippen LogP contribution < -0.4 is 5.73 Å². The minimum absolute atomic E-state index is 0.279. The van der Waals surface area contributed by atoms with Gasteiger partial charge in [0.25, 0.3) is 0 Å². The minimum Gasteiger partial charge on any atom is -0.323 e. The molecule has 0 spiro atoms. The van der Waals surface area contributed by atoms with Crippen LogP contribution in [-0.4, -0.2) is 0 Å². The largest absolute Gasteiger partial charge is 0.323 e. The summed E-state index contributed by atoms with van der Waals surface area (Å²) in [5.41, 5.74) is 6.42. The van der Waals surface area contributed by atoms with Gasteiger partial charge in [-0.3, -0.25) is 0 Å². The predicted octanol–water partition coefficient (Wildman–Crippen LogP) is 4.52. The molecule has 17 heavy (non-hydrogen) atoms. The number of hydrogen-bond donors (Lipinski definition) is 1. The van der Waals surface area contributed by atoms with Gasteiger partial charge in [0.2, 0.25) is 0 Å². The summed E-state index contributed by atoms with van der Waals surface area (Å²) in [6, 6.07) is 4.69. The van der Waals surface area contributed by atoms with Crippen molar-refractivity contribution in [2.45, 2.75) is 52.5 Å². The van der Waals surface area contributed by atoms with Crippen molar-refractivity contribution < 1.29 is 0 Å². The van der Waals surface area contributed by atoms with E-state index in [4.69, 9.17) is 5.73 Å². The molecule has 1 nitrogen and oxygen atoms in total. The Morgan fingerprint density at radius 2 is 1.71 bits per heavy atom. The third-order valence-corrected chi connectivity index (χ3v) is 5.46. The maximum atomic E-state index is 6.42. The van der Waals surface area contributed by atoms with E-state index in [1.807, 2.05) is 11.3 Å². The van der Waals surface area contributed by atoms with Gasteiger partial charge in [-0.05, 0) is 62.5 Å². The second-order valence-electron chi connectivity index (χ2n) is 5.89. The van der Waals surface area contributed by atoms with E-state index in [1.54, 1.807) is 0 Å². The van der Waals surface area contributed by atoms with Crippen LogP contribution in [0.3, 0.4) is 0 Å². The molecule has 1 saturated carbocycles. The Bertz CT molecular complexity index is 348. The van der Waals surface area contributed by atoms with Crippen LogP contribution in [0, 0.1) is 24.7 Å². The molecule has 0 bridgehead atoms. The fourth-order valence-electron chi connectivity index (χ4n) is 3.04. The zero-order valence-electron chi connectivity index (χ0n) is 11.3. The van der Waals surface area contributed by atoms with Gasteiger partial charge >= 0.3 is 0 Å². The van der Waals surface area contributed by atoms with Gasteiger partial charge in [0.1, 0.15) is 0 Å². The smallest absolute Gasteiger partial charge is 0.0418 e. The molecule has 1 atom stereocenters. The van der Waals surface area contributed by atoms with Crippen LogP contribution >= 0.6 is 11.3 Å². The molecule has 1 aromatic heterocycles. The van der Waals surface area contributed by atoms with Gasteiger partial charge in [0, 0.05) is 15.8 Å². The maximum Gasteiger partial charge on any atom is 0.0418 e. The Hall–Kier alpha value is -0.340. The molecule has 2 heteroatoms. The molecular weight excluding hydrogens is 226 g/mol. The molecule has 0 radical (unpaired) electrons. The van der Waals surface area contributed by atoms with Crippen molar-refractivity contribution in [2.24, 2.45) is 23.5 Å². The first kappa shape index (κ1) is 13.1. The highest BCUT2D eigenvalue weighted by Crippen LogP contribution is 2.39. The van der Waals surface area contributed by atoms with Crippen LogP contribution in [0.25, 0.3) is 0 Å². The molecule has 1 aromatic rings. The predicted molar refractivity (Wildman–Crippen MR) is 76.3 cm³/mol. The van der Waals surface area contributed by atoms with E-state index in [0.29, 0.717) is 5.92 Å². The van der Waals surface area contributed by atoms with Crippen molar-refractivity contribution in [1.29, 1.82) is 0 Å². The average Bonchev–Trinajstić information content (AvgIpc) is 2.75. The van der Waals surface area contributed by atoms with E-state index in [9.17, 15) is 0 Å². The lowest BCUT2D eigenvalue weighted by atomic mass is 9.74. The highest BCUT2D eigenvalue weighted by molar-refractivity contribution is 7.12. The first-order chi connectivity index (χ1) is 8.08. The molecule has 1 aliphatic carbocycles. The second kappa shape index (κ2) is 5.53. The normalized spacial score (nSPS) is 27.4. The molecule has 1 aliphatic rings. The zero-order chi connectivity index (χ0) is 12.4. The SMILES string of the molecule is Cc1ccc(C(N)C2CCC(C(C)C)CC2)s1. The van der Waals surface area contributed by atoms with Crippen molar-refractivity contribution in [3.8, 4) is 0 Å². The third-order valence-electron chi connectivity index (χ3n) is 4.36. The van der Waals surface area contributed by atoms with E-state index in [2.05, 4.69) is 32.9 Å². The first-order valence-electron chi connectivity index (χ1n) is 6.90. The highest BCUT2D eigenvalue weighted by Gasteiger charge is 2.28. The van der Waals surface area contributed by atoms with Crippen molar-refractivity contribution in [2.75, 3.05) is 0 Å². The van der Waals surface area contributed by atoms with Crippen LogP contribution in [0.2, 0.25) is 0 Å². The Labute approximate surface area is 109 Å². The summed E-state index contributed by atoms with van der Waals surface area (Å²) < 4.78 is 0. The molecule has 1 fully saturated rings. The van der Waals surface area contributed by atoms with E-state index in [0.717, 1.165) is 11.8 Å². The van der Waals surface area contributed by atoms with Crippen LogP contribution in [0.15, 0.2) is 12.1 Å². The summed E-state index contributed by atoms with van der Waals surface area (Å²) >= 11 is 1.87. The van der Waals surface area contributed by atoms with E-state index in [1.165, 1.54) is 35.4 Å². The topological polar surface area (TPSA) is 26.0 Å². The molecule has 0 amide bonds. The van der Waals surface area contributed by atoms with E-state index < -0.39 is 0 Å². The Morgan fingerprint density at radius 3 is 2.18 bits per heavy atom. The lowest BCUT2D eigenvalue weighted by molar-refractivity contribution is 0.204. The summed E-state index contributed by atoms with van der Waals surface area (Å²) in [4.78, 5) is 2.77. The summed E-state index contributed by atoms with van der Waals surface area (Å²) in [7, 11) is 0. The molecule has 2 rings (SSSR count). The molecule has 1 heterocycles. The molecule has 0 aromatic carbocycles. The summed E-state index contributed by atoms with van der Waals surface area (Å²) in [6.07, 6.45) is 5.39. The second-order valence-corrected chi connectivity index (χ2v) is 7.21. The number of nitrogens with two attached hydrogens (primary N) is 1. The van der Waals surface area contributed by atoms with Crippen LogP contribution in [0.5, 0.6) is 0 Å². The van der Waals surface area contributed by atoms with Crippen molar-refractivity contribution in [3.05, 3.63) is 21.9 Å². The Morgan fingerprint density at radius 1 is 1.12 bits per heavy atom. The maximum absolute atomic E-state index is 6.42. The van der Waals surface area contributed by atoms with Crippen LogP contribution in [-0.2, 0) is 0 Å². The fraction of sp³-hybridized carbons (Fsp3) is 0.733. The minimum atomic E-state index is 0.279. The third kappa shape index (κ3) is 3.11. The first-order valence-corrected chi connectivity index (χ1v) is 7.71. The molecule has 0 aliphatic heterocycles. The van der Waals surface area contributed by atoms with Crippen LogP contribution in [0.1, 0.15) is 55.3 Å². The quantitative estimate of drug-likeness (QED) is 0.840.